The Bertz CT molecular complexity index is 242. The van der Waals surface area contributed by atoms with Crippen LogP contribution in [-0.2, 0) is 4.74 Å². The van der Waals surface area contributed by atoms with Crippen LogP contribution in [0.2, 0.25) is 0 Å². The summed E-state index contributed by atoms with van der Waals surface area (Å²) < 4.78 is 5.48. The van der Waals surface area contributed by atoms with Crippen molar-refractivity contribution in [1.82, 2.24) is 4.90 Å². The maximum atomic E-state index is 9.97. The van der Waals surface area contributed by atoms with Crippen LogP contribution in [0.1, 0.15) is 39.5 Å². The van der Waals surface area contributed by atoms with Gasteiger partial charge in [0.2, 0.25) is 0 Å². The van der Waals surface area contributed by atoms with Gasteiger partial charge in [-0.1, -0.05) is 13.8 Å². The summed E-state index contributed by atoms with van der Waals surface area (Å²) >= 11 is 0. The zero-order valence-corrected chi connectivity index (χ0v) is 11.3. The van der Waals surface area contributed by atoms with Crippen molar-refractivity contribution in [3.8, 4) is 0 Å². The molecule has 2 fully saturated rings. The van der Waals surface area contributed by atoms with E-state index in [0.717, 1.165) is 26.2 Å². The summed E-state index contributed by atoms with van der Waals surface area (Å²) in [5, 5.41) is 9.97. The van der Waals surface area contributed by atoms with Crippen LogP contribution in [0.25, 0.3) is 0 Å². The van der Waals surface area contributed by atoms with E-state index in [1.165, 1.54) is 32.4 Å². The van der Waals surface area contributed by atoms with Crippen LogP contribution in [-0.4, -0.2) is 49.0 Å². The van der Waals surface area contributed by atoms with Gasteiger partial charge in [-0.2, -0.15) is 0 Å². The van der Waals surface area contributed by atoms with Gasteiger partial charge in [-0.3, -0.25) is 0 Å². The van der Waals surface area contributed by atoms with E-state index < -0.39 is 0 Å². The summed E-state index contributed by atoms with van der Waals surface area (Å²) in [6, 6.07) is 0. The first-order chi connectivity index (χ1) is 8.07. The quantitative estimate of drug-likeness (QED) is 0.801. The molecule has 2 atom stereocenters. The van der Waals surface area contributed by atoms with Crippen LogP contribution in [0.4, 0.5) is 0 Å². The second kappa shape index (κ2) is 5.68. The highest BCUT2D eigenvalue weighted by Gasteiger charge is 2.28. The molecule has 2 aliphatic heterocycles. The van der Waals surface area contributed by atoms with E-state index in [1.54, 1.807) is 0 Å². The molecule has 100 valence electrons. The SMILES string of the molecule is CC1(C)CCCN(CC2COCCC2O)CC1. The first-order valence-corrected chi connectivity index (χ1v) is 7.05. The number of ether oxygens (including phenoxy) is 1. The van der Waals surface area contributed by atoms with Crippen molar-refractivity contribution < 1.29 is 9.84 Å². The molecule has 0 bridgehead atoms. The first-order valence-electron chi connectivity index (χ1n) is 7.05. The molecule has 1 N–H and O–H groups in total. The number of aliphatic hydroxyl groups is 1. The van der Waals surface area contributed by atoms with Crippen LogP contribution >= 0.6 is 0 Å². The fourth-order valence-corrected chi connectivity index (χ4v) is 2.95. The summed E-state index contributed by atoms with van der Waals surface area (Å²) in [5.41, 5.74) is 0.496. The van der Waals surface area contributed by atoms with E-state index in [9.17, 15) is 5.11 Å². The third-order valence-electron chi connectivity index (χ3n) is 4.36. The summed E-state index contributed by atoms with van der Waals surface area (Å²) in [4.78, 5) is 2.53. The fraction of sp³-hybridized carbons (Fsp3) is 1.00. The average Bonchev–Trinajstić information content (AvgIpc) is 2.44. The van der Waals surface area contributed by atoms with E-state index in [1.807, 2.05) is 0 Å². The number of rotatable bonds is 2. The molecule has 0 aromatic rings. The number of nitrogens with zero attached hydrogens (tertiary/aromatic N) is 1. The summed E-state index contributed by atoms with van der Waals surface area (Å²) in [6.07, 6.45) is 4.55. The summed E-state index contributed by atoms with van der Waals surface area (Å²) in [6.45, 7) is 9.58. The van der Waals surface area contributed by atoms with Gasteiger partial charge in [-0.15, -0.1) is 0 Å². The Kier molecular flexibility index (Phi) is 4.45. The first kappa shape index (κ1) is 13.3. The fourth-order valence-electron chi connectivity index (χ4n) is 2.95. The van der Waals surface area contributed by atoms with Crippen molar-refractivity contribution in [3.63, 3.8) is 0 Å². The van der Waals surface area contributed by atoms with Gasteiger partial charge >= 0.3 is 0 Å². The number of hydrogen-bond donors (Lipinski definition) is 1. The van der Waals surface area contributed by atoms with Crippen LogP contribution in [0.3, 0.4) is 0 Å². The predicted molar refractivity (Wildman–Crippen MR) is 69.0 cm³/mol. The second-order valence-corrected chi connectivity index (χ2v) is 6.51. The lowest BCUT2D eigenvalue weighted by Gasteiger charge is -2.32. The summed E-state index contributed by atoms with van der Waals surface area (Å²) in [5.74, 6) is 0.324. The minimum absolute atomic E-state index is 0.153. The molecule has 3 heteroatoms. The molecule has 2 heterocycles. The summed E-state index contributed by atoms with van der Waals surface area (Å²) in [7, 11) is 0. The van der Waals surface area contributed by atoms with Crippen molar-refractivity contribution in [2.24, 2.45) is 11.3 Å². The molecule has 2 rings (SSSR count). The molecule has 0 aromatic carbocycles. The number of aliphatic hydroxyl groups excluding tert-OH is 1. The highest BCUT2D eigenvalue weighted by Crippen LogP contribution is 2.30. The molecule has 2 unspecified atom stereocenters. The van der Waals surface area contributed by atoms with Crippen molar-refractivity contribution in [2.75, 3.05) is 32.8 Å². The Morgan fingerprint density at radius 1 is 1.29 bits per heavy atom. The zero-order valence-electron chi connectivity index (χ0n) is 11.3. The molecular weight excluding hydrogens is 214 g/mol. The normalized spacial score (nSPS) is 35.5. The van der Waals surface area contributed by atoms with Gasteiger partial charge in [0.1, 0.15) is 0 Å². The van der Waals surface area contributed by atoms with Crippen LogP contribution in [0.5, 0.6) is 0 Å². The Balaban J connectivity index is 1.82. The van der Waals surface area contributed by atoms with Gasteiger partial charge < -0.3 is 14.7 Å². The topological polar surface area (TPSA) is 32.7 Å². The Labute approximate surface area is 105 Å². The average molecular weight is 241 g/mol. The van der Waals surface area contributed by atoms with Crippen LogP contribution < -0.4 is 0 Å². The van der Waals surface area contributed by atoms with Crippen molar-refractivity contribution in [1.29, 1.82) is 0 Å². The van der Waals surface area contributed by atoms with Crippen LogP contribution in [0, 0.1) is 11.3 Å². The molecule has 0 radical (unpaired) electrons. The van der Waals surface area contributed by atoms with Gasteiger partial charge in [0.15, 0.2) is 0 Å². The van der Waals surface area contributed by atoms with Crippen LogP contribution in [0.15, 0.2) is 0 Å². The molecule has 3 nitrogen and oxygen atoms in total. The van der Waals surface area contributed by atoms with E-state index in [0.29, 0.717) is 11.3 Å². The lowest BCUT2D eigenvalue weighted by molar-refractivity contribution is -0.0464. The van der Waals surface area contributed by atoms with Gasteiger partial charge in [0.25, 0.3) is 0 Å². The standard InChI is InChI=1S/C14H27NO2/c1-14(2)5-3-7-15(8-6-14)10-12-11-17-9-4-13(12)16/h12-13,16H,3-11H2,1-2H3. The van der Waals surface area contributed by atoms with Crippen molar-refractivity contribution in [2.45, 2.75) is 45.6 Å². The molecule has 2 aliphatic rings. The van der Waals surface area contributed by atoms with E-state index >= 15 is 0 Å². The Hall–Kier alpha value is -0.120. The maximum Gasteiger partial charge on any atom is 0.0624 e. The third-order valence-corrected chi connectivity index (χ3v) is 4.36. The third kappa shape index (κ3) is 3.94. The lowest BCUT2D eigenvalue weighted by Crippen LogP contribution is -2.41. The highest BCUT2D eigenvalue weighted by atomic mass is 16.5. The highest BCUT2D eigenvalue weighted by molar-refractivity contribution is 4.80. The Morgan fingerprint density at radius 2 is 2.12 bits per heavy atom. The monoisotopic (exact) mass is 241 g/mol. The molecule has 0 aliphatic carbocycles. The minimum atomic E-state index is -0.153. The zero-order chi connectivity index (χ0) is 12.3. The van der Waals surface area contributed by atoms with Gasteiger partial charge in [0.05, 0.1) is 12.7 Å². The maximum absolute atomic E-state index is 9.97. The Morgan fingerprint density at radius 3 is 2.88 bits per heavy atom. The van der Waals surface area contributed by atoms with E-state index in [4.69, 9.17) is 4.74 Å². The van der Waals surface area contributed by atoms with E-state index in [-0.39, 0.29) is 6.10 Å². The number of likely N-dealkylation sites (tertiary alicyclic amines) is 1. The molecule has 0 spiro atoms. The van der Waals surface area contributed by atoms with Gasteiger partial charge in [-0.05, 0) is 44.2 Å². The van der Waals surface area contributed by atoms with Gasteiger partial charge in [-0.25, -0.2) is 0 Å². The largest absolute Gasteiger partial charge is 0.393 e. The number of hydrogen-bond acceptors (Lipinski definition) is 3. The molecule has 2 saturated heterocycles. The smallest absolute Gasteiger partial charge is 0.0624 e. The molecular formula is C14H27NO2. The van der Waals surface area contributed by atoms with Crippen molar-refractivity contribution >= 4 is 0 Å². The van der Waals surface area contributed by atoms with E-state index in [2.05, 4.69) is 18.7 Å². The van der Waals surface area contributed by atoms with Gasteiger partial charge in [0, 0.05) is 19.1 Å². The molecule has 0 aromatic heterocycles. The molecule has 17 heavy (non-hydrogen) atoms. The predicted octanol–water partition coefficient (Wildman–Crippen LogP) is 1.90. The van der Waals surface area contributed by atoms with Crippen molar-refractivity contribution in [3.05, 3.63) is 0 Å². The molecule has 0 saturated carbocycles. The molecule has 0 amide bonds. The second-order valence-electron chi connectivity index (χ2n) is 6.51. The lowest BCUT2D eigenvalue weighted by atomic mass is 9.85. The minimum Gasteiger partial charge on any atom is -0.393 e.